The Morgan fingerprint density at radius 3 is 2.84 bits per heavy atom. The van der Waals surface area contributed by atoms with Gasteiger partial charge in [0.15, 0.2) is 0 Å². The summed E-state index contributed by atoms with van der Waals surface area (Å²) in [6.07, 6.45) is 3.41. The summed E-state index contributed by atoms with van der Waals surface area (Å²) < 4.78 is 6.06. The molecule has 0 unspecified atom stereocenters. The highest BCUT2D eigenvalue weighted by Crippen LogP contribution is 2.48. The lowest BCUT2D eigenvalue weighted by Crippen LogP contribution is -2.31. The lowest BCUT2D eigenvalue weighted by molar-refractivity contribution is 0.0937. The van der Waals surface area contributed by atoms with Crippen LogP contribution in [0.3, 0.4) is 0 Å². The Balaban J connectivity index is 1.93. The zero-order chi connectivity index (χ0) is 13.9. The van der Waals surface area contributed by atoms with Gasteiger partial charge >= 0.3 is 0 Å². The van der Waals surface area contributed by atoms with Gasteiger partial charge in [-0.1, -0.05) is 22.0 Å². The topological polar surface area (TPSA) is 38.3 Å². The quantitative estimate of drug-likeness (QED) is 0.871. The average molecular weight is 326 g/mol. The molecule has 104 valence electrons. The molecule has 1 fully saturated rings. The largest absolute Gasteiger partial charge is 0.385 e. The summed E-state index contributed by atoms with van der Waals surface area (Å²) in [6, 6.07) is 5.78. The van der Waals surface area contributed by atoms with Gasteiger partial charge < -0.3 is 10.1 Å². The van der Waals surface area contributed by atoms with Crippen molar-refractivity contribution in [3.63, 3.8) is 0 Å². The third-order valence-electron chi connectivity index (χ3n) is 3.86. The van der Waals surface area contributed by atoms with Crippen molar-refractivity contribution >= 4 is 21.8 Å². The van der Waals surface area contributed by atoms with Crippen LogP contribution in [-0.2, 0) is 4.74 Å². The molecule has 0 saturated heterocycles. The van der Waals surface area contributed by atoms with Gasteiger partial charge in [0.1, 0.15) is 0 Å². The molecule has 1 aromatic carbocycles. The molecular formula is C15H20BrNO2. The van der Waals surface area contributed by atoms with Gasteiger partial charge in [-0.15, -0.1) is 0 Å². The van der Waals surface area contributed by atoms with Crippen LogP contribution in [-0.4, -0.2) is 26.2 Å². The summed E-state index contributed by atoms with van der Waals surface area (Å²) in [5, 5.41) is 3.06. The minimum absolute atomic E-state index is 0.0162. The first-order valence-electron chi connectivity index (χ1n) is 6.60. The fraction of sp³-hybridized carbons (Fsp3) is 0.533. The monoisotopic (exact) mass is 325 g/mol. The normalized spacial score (nSPS) is 16.2. The van der Waals surface area contributed by atoms with Crippen molar-refractivity contribution in [2.75, 3.05) is 20.3 Å². The van der Waals surface area contributed by atoms with E-state index >= 15 is 0 Å². The van der Waals surface area contributed by atoms with Crippen LogP contribution < -0.4 is 5.32 Å². The van der Waals surface area contributed by atoms with Crippen LogP contribution in [0, 0.1) is 12.3 Å². The van der Waals surface area contributed by atoms with Crippen molar-refractivity contribution < 1.29 is 9.53 Å². The second kappa shape index (κ2) is 6.06. The summed E-state index contributed by atoms with van der Waals surface area (Å²) in [7, 11) is 1.72. The van der Waals surface area contributed by atoms with E-state index in [1.54, 1.807) is 7.11 Å². The van der Waals surface area contributed by atoms with Crippen molar-refractivity contribution in [3.8, 4) is 0 Å². The summed E-state index contributed by atoms with van der Waals surface area (Å²) in [5.74, 6) is 0.0162. The van der Waals surface area contributed by atoms with Crippen LogP contribution in [0.15, 0.2) is 22.7 Å². The van der Waals surface area contributed by atoms with E-state index in [-0.39, 0.29) is 11.3 Å². The van der Waals surface area contributed by atoms with E-state index < -0.39 is 0 Å². The molecule has 4 heteroatoms. The summed E-state index contributed by atoms with van der Waals surface area (Å²) in [6.45, 7) is 3.48. The number of aryl methyl sites for hydroxylation is 1. The predicted molar refractivity (Wildman–Crippen MR) is 79.4 cm³/mol. The molecule has 0 aliphatic heterocycles. The van der Waals surface area contributed by atoms with Crippen LogP contribution in [0.1, 0.15) is 35.2 Å². The first-order chi connectivity index (χ1) is 9.06. The van der Waals surface area contributed by atoms with Gasteiger partial charge in [-0.2, -0.15) is 0 Å². The lowest BCUT2D eigenvalue weighted by atomic mass is 10.0. The maximum Gasteiger partial charge on any atom is 0.251 e. The number of carbonyl (C=O) groups excluding carboxylic acids is 1. The number of ether oxygens (including phenoxy) is 1. The third kappa shape index (κ3) is 3.80. The van der Waals surface area contributed by atoms with E-state index in [4.69, 9.17) is 4.74 Å². The Hall–Kier alpha value is -0.870. The lowest BCUT2D eigenvalue weighted by Gasteiger charge is -2.16. The Labute approximate surface area is 122 Å². The minimum atomic E-state index is 0.0162. The number of nitrogens with one attached hydrogen (secondary N) is 1. The highest BCUT2D eigenvalue weighted by molar-refractivity contribution is 9.10. The zero-order valence-corrected chi connectivity index (χ0v) is 13.0. The third-order valence-corrected chi connectivity index (χ3v) is 4.36. The highest BCUT2D eigenvalue weighted by atomic mass is 79.9. The van der Waals surface area contributed by atoms with Crippen LogP contribution in [0.5, 0.6) is 0 Å². The van der Waals surface area contributed by atoms with Crippen molar-refractivity contribution in [1.29, 1.82) is 0 Å². The van der Waals surface area contributed by atoms with Crippen LogP contribution in [0.4, 0.5) is 0 Å². The van der Waals surface area contributed by atoms with Gasteiger partial charge in [0.25, 0.3) is 5.91 Å². The first kappa shape index (κ1) is 14.5. The molecule has 0 atom stereocenters. The number of hydrogen-bond donors (Lipinski definition) is 1. The van der Waals surface area contributed by atoms with Gasteiger partial charge in [-0.25, -0.2) is 0 Å². The second-order valence-corrected chi connectivity index (χ2v) is 6.30. The van der Waals surface area contributed by atoms with Gasteiger partial charge in [0.05, 0.1) is 0 Å². The number of hydrogen-bond acceptors (Lipinski definition) is 2. The van der Waals surface area contributed by atoms with E-state index in [1.807, 2.05) is 25.1 Å². The number of halogens is 1. The maximum absolute atomic E-state index is 12.2. The van der Waals surface area contributed by atoms with E-state index in [0.29, 0.717) is 0 Å². The SMILES string of the molecule is COCCC1(CNC(=O)c2cc(Br)ccc2C)CC1. The maximum atomic E-state index is 12.2. The fourth-order valence-electron chi connectivity index (χ4n) is 2.21. The van der Waals surface area contributed by atoms with Gasteiger partial charge in [0, 0.05) is 30.3 Å². The molecule has 3 nitrogen and oxygen atoms in total. The summed E-state index contributed by atoms with van der Waals surface area (Å²) in [5.41, 5.74) is 2.03. The minimum Gasteiger partial charge on any atom is -0.385 e. The molecule has 1 N–H and O–H groups in total. The molecule has 2 rings (SSSR count). The van der Waals surface area contributed by atoms with E-state index in [2.05, 4.69) is 21.2 Å². The van der Waals surface area contributed by atoms with Crippen LogP contribution in [0.25, 0.3) is 0 Å². The molecule has 0 aromatic heterocycles. The zero-order valence-electron chi connectivity index (χ0n) is 11.5. The number of carbonyl (C=O) groups is 1. The number of rotatable bonds is 6. The molecule has 1 aromatic rings. The van der Waals surface area contributed by atoms with Gasteiger partial charge in [0.2, 0.25) is 0 Å². The highest BCUT2D eigenvalue weighted by Gasteiger charge is 2.42. The first-order valence-corrected chi connectivity index (χ1v) is 7.39. The van der Waals surface area contributed by atoms with Crippen molar-refractivity contribution in [3.05, 3.63) is 33.8 Å². The molecule has 0 heterocycles. The molecular weight excluding hydrogens is 306 g/mol. The Bertz CT molecular complexity index is 469. The number of benzene rings is 1. The Morgan fingerprint density at radius 1 is 1.47 bits per heavy atom. The Kier molecular flexibility index (Phi) is 4.63. The molecule has 1 saturated carbocycles. The fourth-order valence-corrected chi connectivity index (χ4v) is 2.57. The van der Waals surface area contributed by atoms with E-state index in [0.717, 1.165) is 35.2 Å². The smallest absolute Gasteiger partial charge is 0.251 e. The average Bonchev–Trinajstić information content (AvgIpc) is 3.17. The number of amides is 1. The van der Waals surface area contributed by atoms with Crippen molar-refractivity contribution in [2.24, 2.45) is 5.41 Å². The predicted octanol–water partition coefficient (Wildman–Crippen LogP) is 3.30. The summed E-state index contributed by atoms with van der Waals surface area (Å²) >= 11 is 3.41. The standard InChI is InChI=1S/C15H20BrNO2/c1-11-3-4-12(16)9-13(11)14(18)17-10-15(5-6-15)7-8-19-2/h3-4,9H,5-8,10H2,1-2H3,(H,17,18). The molecule has 1 aliphatic rings. The molecule has 19 heavy (non-hydrogen) atoms. The van der Waals surface area contributed by atoms with Gasteiger partial charge in [-0.3, -0.25) is 4.79 Å². The van der Waals surface area contributed by atoms with E-state index in [9.17, 15) is 4.79 Å². The molecule has 0 spiro atoms. The van der Waals surface area contributed by atoms with Crippen LogP contribution >= 0.6 is 15.9 Å². The molecule has 0 bridgehead atoms. The van der Waals surface area contributed by atoms with Gasteiger partial charge in [-0.05, 0) is 49.3 Å². The number of methoxy groups -OCH3 is 1. The molecule has 1 amide bonds. The van der Waals surface area contributed by atoms with E-state index in [1.165, 1.54) is 12.8 Å². The Morgan fingerprint density at radius 2 is 2.21 bits per heavy atom. The molecule has 1 aliphatic carbocycles. The van der Waals surface area contributed by atoms with Crippen LogP contribution in [0.2, 0.25) is 0 Å². The second-order valence-electron chi connectivity index (χ2n) is 5.38. The van der Waals surface area contributed by atoms with Crippen molar-refractivity contribution in [1.82, 2.24) is 5.32 Å². The van der Waals surface area contributed by atoms with Crippen molar-refractivity contribution in [2.45, 2.75) is 26.2 Å². The summed E-state index contributed by atoms with van der Waals surface area (Å²) in [4.78, 5) is 12.2. The molecule has 0 radical (unpaired) electrons.